The van der Waals surface area contributed by atoms with Gasteiger partial charge in [0.05, 0.1) is 23.5 Å². The Labute approximate surface area is 140 Å². The van der Waals surface area contributed by atoms with Crippen LogP contribution in [0.25, 0.3) is 0 Å². The topological polar surface area (TPSA) is 59.9 Å². The summed E-state index contributed by atoms with van der Waals surface area (Å²) in [5, 5.41) is 3.04. The van der Waals surface area contributed by atoms with Gasteiger partial charge < -0.3 is 10.1 Å². The van der Waals surface area contributed by atoms with E-state index in [4.69, 9.17) is 4.74 Å². The zero-order valence-electron chi connectivity index (χ0n) is 12.4. The van der Waals surface area contributed by atoms with Crippen molar-refractivity contribution >= 4 is 21.9 Å². The number of nitrogens with zero attached hydrogens (tertiary/aromatic N) is 3. The lowest BCUT2D eigenvalue weighted by Gasteiger charge is -2.43. The number of halogens is 3. The largest absolute Gasteiger partial charge is 0.480 e. The summed E-state index contributed by atoms with van der Waals surface area (Å²) in [5.74, 6) is 0.302. The molecule has 0 amide bonds. The maximum absolute atomic E-state index is 14.1. The third kappa shape index (κ3) is 3.12. The SMILES string of the molecule is COc1nc(NC[C@]2(c3ncccc3F)C[C@@H](F)C2)ncc1Br. The Kier molecular flexibility index (Phi) is 4.43. The van der Waals surface area contributed by atoms with E-state index < -0.39 is 17.4 Å². The van der Waals surface area contributed by atoms with Crippen molar-refractivity contribution in [3.05, 3.63) is 40.5 Å². The van der Waals surface area contributed by atoms with Gasteiger partial charge in [-0.25, -0.2) is 13.8 Å². The smallest absolute Gasteiger partial charge is 0.232 e. The number of nitrogens with one attached hydrogen (secondary N) is 1. The second-order valence-corrected chi connectivity index (χ2v) is 6.38. The van der Waals surface area contributed by atoms with Crippen molar-refractivity contribution in [2.45, 2.75) is 24.4 Å². The molecule has 2 heterocycles. The lowest BCUT2D eigenvalue weighted by molar-refractivity contribution is 0.0963. The number of rotatable bonds is 5. The number of aromatic nitrogens is 3. The van der Waals surface area contributed by atoms with Crippen LogP contribution in [0.5, 0.6) is 5.88 Å². The predicted octanol–water partition coefficient (Wildman–Crippen LogP) is 3.26. The highest BCUT2D eigenvalue weighted by Gasteiger charge is 2.48. The van der Waals surface area contributed by atoms with Crippen LogP contribution in [0.2, 0.25) is 0 Å². The predicted molar refractivity (Wildman–Crippen MR) is 84.8 cm³/mol. The monoisotopic (exact) mass is 384 g/mol. The van der Waals surface area contributed by atoms with Gasteiger partial charge in [0.2, 0.25) is 11.8 Å². The highest BCUT2D eigenvalue weighted by molar-refractivity contribution is 9.10. The molecule has 1 aliphatic rings. The van der Waals surface area contributed by atoms with Gasteiger partial charge in [-0.3, -0.25) is 4.98 Å². The molecule has 2 aromatic heterocycles. The lowest BCUT2D eigenvalue weighted by atomic mass is 9.65. The molecular weight excluding hydrogens is 370 g/mol. The number of methoxy groups -OCH3 is 1. The van der Waals surface area contributed by atoms with Gasteiger partial charge in [0.1, 0.15) is 12.0 Å². The molecule has 0 atom stereocenters. The third-order valence-electron chi connectivity index (χ3n) is 3.98. The van der Waals surface area contributed by atoms with Crippen LogP contribution in [0.4, 0.5) is 14.7 Å². The van der Waals surface area contributed by atoms with Crippen LogP contribution in [0.15, 0.2) is 29.0 Å². The van der Waals surface area contributed by atoms with Crippen molar-refractivity contribution in [3.8, 4) is 5.88 Å². The van der Waals surface area contributed by atoms with Crippen LogP contribution in [0.3, 0.4) is 0 Å². The summed E-state index contributed by atoms with van der Waals surface area (Å²) in [5.41, 5.74) is -0.403. The maximum Gasteiger partial charge on any atom is 0.232 e. The minimum absolute atomic E-state index is 0.224. The molecule has 0 aromatic carbocycles. The van der Waals surface area contributed by atoms with Gasteiger partial charge in [-0.1, -0.05) is 0 Å². The first-order valence-corrected chi connectivity index (χ1v) is 7.89. The number of hydrogen-bond acceptors (Lipinski definition) is 5. The second kappa shape index (κ2) is 6.35. The van der Waals surface area contributed by atoms with E-state index in [9.17, 15) is 8.78 Å². The van der Waals surface area contributed by atoms with E-state index >= 15 is 0 Å². The quantitative estimate of drug-likeness (QED) is 0.856. The van der Waals surface area contributed by atoms with Crippen molar-refractivity contribution in [1.82, 2.24) is 15.0 Å². The molecule has 23 heavy (non-hydrogen) atoms. The number of hydrogen-bond donors (Lipinski definition) is 1. The Bertz CT molecular complexity index is 710. The third-order valence-corrected chi connectivity index (χ3v) is 4.52. The number of anilines is 1. The summed E-state index contributed by atoms with van der Waals surface area (Å²) in [6.45, 7) is 0.298. The molecule has 3 rings (SSSR count). The molecular formula is C15H15BrF2N4O. The Morgan fingerprint density at radius 3 is 2.87 bits per heavy atom. The molecule has 2 aromatic rings. The molecule has 0 radical (unpaired) electrons. The van der Waals surface area contributed by atoms with Gasteiger partial charge in [-0.05, 0) is 40.9 Å². The van der Waals surface area contributed by atoms with Gasteiger partial charge in [-0.15, -0.1) is 0 Å². The average Bonchev–Trinajstić information content (AvgIpc) is 2.52. The zero-order valence-corrected chi connectivity index (χ0v) is 14.0. The van der Waals surface area contributed by atoms with Crippen LogP contribution in [-0.2, 0) is 5.41 Å². The highest BCUT2D eigenvalue weighted by atomic mass is 79.9. The fourth-order valence-electron chi connectivity index (χ4n) is 2.81. The van der Waals surface area contributed by atoms with Crippen LogP contribution >= 0.6 is 15.9 Å². The van der Waals surface area contributed by atoms with Gasteiger partial charge >= 0.3 is 0 Å². The van der Waals surface area contributed by atoms with Gasteiger partial charge in [0.15, 0.2) is 0 Å². The van der Waals surface area contributed by atoms with Crippen LogP contribution < -0.4 is 10.1 Å². The molecule has 122 valence electrons. The van der Waals surface area contributed by atoms with Crippen molar-refractivity contribution in [3.63, 3.8) is 0 Å². The van der Waals surface area contributed by atoms with Crippen molar-refractivity contribution in [2.75, 3.05) is 19.0 Å². The Morgan fingerprint density at radius 2 is 2.22 bits per heavy atom. The summed E-state index contributed by atoms with van der Waals surface area (Å²) in [7, 11) is 1.50. The van der Waals surface area contributed by atoms with E-state index in [2.05, 4.69) is 36.2 Å². The summed E-state index contributed by atoms with van der Waals surface area (Å²) in [6, 6.07) is 2.86. The van der Waals surface area contributed by atoms with Crippen LogP contribution in [0, 0.1) is 5.82 Å². The molecule has 0 saturated heterocycles. The standard InChI is InChI=1S/C15H15BrF2N4O/c1-23-13-10(16)7-20-14(22-13)21-8-15(5-9(17)6-15)12-11(18)3-2-4-19-12/h2-4,7,9H,5-6,8H2,1H3,(H,20,21,22)/t9-,15+. The van der Waals surface area contributed by atoms with Crippen LogP contribution in [-0.4, -0.2) is 34.8 Å². The van der Waals surface area contributed by atoms with Gasteiger partial charge in [0, 0.05) is 18.2 Å². The van der Waals surface area contributed by atoms with Crippen molar-refractivity contribution in [2.24, 2.45) is 0 Å². The van der Waals surface area contributed by atoms with E-state index in [0.717, 1.165) is 0 Å². The summed E-state index contributed by atoms with van der Waals surface area (Å²) >= 11 is 3.27. The molecule has 1 N–H and O–H groups in total. The van der Waals surface area contributed by atoms with Gasteiger partial charge in [0.25, 0.3) is 0 Å². The molecule has 1 saturated carbocycles. The van der Waals surface area contributed by atoms with Crippen LogP contribution in [0.1, 0.15) is 18.5 Å². The molecule has 5 nitrogen and oxygen atoms in total. The Morgan fingerprint density at radius 1 is 1.43 bits per heavy atom. The van der Waals surface area contributed by atoms with E-state index in [1.807, 2.05) is 0 Å². The molecule has 0 spiro atoms. The molecule has 1 aliphatic carbocycles. The number of pyridine rings is 1. The first-order valence-electron chi connectivity index (χ1n) is 7.09. The summed E-state index contributed by atoms with van der Waals surface area (Å²) in [4.78, 5) is 12.4. The van der Waals surface area contributed by atoms with E-state index in [1.165, 1.54) is 25.4 Å². The fourth-order valence-corrected chi connectivity index (χ4v) is 3.17. The van der Waals surface area contributed by atoms with Crippen molar-refractivity contribution < 1.29 is 13.5 Å². The highest BCUT2D eigenvalue weighted by Crippen LogP contribution is 2.45. The van der Waals surface area contributed by atoms with E-state index in [1.54, 1.807) is 6.20 Å². The second-order valence-electron chi connectivity index (χ2n) is 5.52. The first-order chi connectivity index (χ1) is 11.0. The molecule has 0 aliphatic heterocycles. The molecule has 0 bridgehead atoms. The fraction of sp³-hybridized carbons (Fsp3) is 0.400. The number of ether oxygens (including phenoxy) is 1. The van der Waals surface area contributed by atoms with Gasteiger partial charge in [-0.2, -0.15) is 4.98 Å². The summed E-state index contributed by atoms with van der Waals surface area (Å²) in [6.07, 6.45) is 2.58. The summed E-state index contributed by atoms with van der Waals surface area (Å²) < 4.78 is 33.3. The minimum atomic E-state index is -0.946. The number of alkyl halides is 1. The zero-order chi connectivity index (χ0) is 16.4. The minimum Gasteiger partial charge on any atom is -0.480 e. The Balaban J connectivity index is 1.80. The lowest BCUT2D eigenvalue weighted by Crippen LogP contribution is -2.49. The maximum atomic E-state index is 14.1. The normalized spacial score (nSPS) is 23.2. The van der Waals surface area contributed by atoms with E-state index in [0.29, 0.717) is 22.8 Å². The Hall–Kier alpha value is -1.83. The molecule has 0 unspecified atom stereocenters. The molecule has 1 fully saturated rings. The first kappa shape index (κ1) is 16.0. The van der Waals surface area contributed by atoms with E-state index in [-0.39, 0.29) is 18.5 Å². The average molecular weight is 385 g/mol. The van der Waals surface area contributed by atoms with Crippen molar-refractivity contribution in [1.29, 1.82) is 0 Å². The molecule has 8 heteroatoms.